The Hall–Kier alpha value is -3.82. The summed E-state index contributed by atoms with van der Waals surface area (Å²) in [5.74, 6) is 0.729. The first-order chi connectivity index (χ1) is 15.3. The summed E-state index contributed by atoms with van der Waals surface area (Å²) in [5.41, 5.74) is 1.26. The standard InChI is InChI=1S/C22H20F3N3O4/c1-30-19-11-15(5-7-18(19)31-14-22(23,24)25)6-8-20(29)28-16-3-2-4-17(12-16)32-21-13-26-9-10-27-21/h2-5,7,9-13H,6,8,14H2,1H3,(H,28,29). The maximum atomic E-state index is 12.4. The lowest BCUT2D eigenvalue weighted by atomic mass is 10.1. The van der Waals surface area contributed by atoms with Crippen LogP contribution in [-0.2, 0) is 11.2 Å². The van der Waals surface area contributed by atoms with Gasteiger partial charge in [0.25, 0.3) is 0 Å². The Morgan fingerprint density at radius 3 is 2.66 bits per heavy atom. The number of alkyl halides is 3. The van der Waals surface area contributed by atoms with Crippen molar-refractivity contribution in [3.63, 3.8) is 0 Å². The molecule has 1 N–H and O–H groups in total. The zero-order valence-electron chi connectivity index (χ0n) is 17.1. The molecule has 0 radical (unpaired) electrons. The lowest BCUT2D eigenvalue weighted by molar-refractivity contribution is -0.153. The molecule has 0 fully saturated rings. The second-order valence-electron chi connectivity index (χ2n) is 6.61. The Kier molecular flexibility index (Phi) is 7.48. The van der Waals surface area contributed by atoms with Gasteiger partial charge in [0.2, 0.25) is 11.8 Å². The summed E-state index contributed by atoms with van der Waals surface area (Å²) in [6.07, 6.45) is 0.573. The van der Waals surface area contributed by atoms with Gasteiger partial charge in [0.15, 0.2) is 18.1 Å². The number of amides is 1. The number of anilines is 1. The number of methoxy groups -OCH3 is 1. The molecule has 168 valence electrons. The second-order valence-corrected chi connectivity index (χ2v) is 6.61. The van der Waals surface area contributed by atoms with Crippen LogP contribution < -0.4 is 19.5 Å². The molecule has 10 heteroatoms. The van der Waals surface area contributed by atoms with E-state index < -0.39 is 12.8 Å². The number of ether oxygens (including phenoxy) is 3. The molecule has 7 nitrogen and oxygen atoms in total. The lowest BCUT2D eigenvalue weighted by Gasteiger charge is -2.13. The van der Waals surface area contributed by atoms with Crippen LogP contribution in [0.1, 0.15) is 12.0 Å². The maximum Gasteiger partial charge on any atom is 0.422 e. The number of benzene rings is 2. The van der Waals surface area contributed by atoms with Gasteiger partial charge >= 0.3 is 6.18 Å². The normalized spacial score (nSPS) is 11.0. The van der Waals surface area contributed by atoms with Gasteiger partial charge in [0.05, 0.1) is 13.3 Å². The fourth-order valence-corrected chi connectivity index (χ4v) is 2.72. The van der Waals surface area contributed by atoms with E-state index in [-0.39, 0.29) is 23.8 Å². The summed E-state index contributed by atoms with van der Waals surface area (Å²) in [5, 5.41) is 2.78. The van der Waals surface area contributed by atoms with E-state index in [9.17, 15) is 18.0 Å². The minimum Gasteiger partial charge on any atom is -0.493 e. The van der Waals surface area contributed by atoms with Gasteiger partial charge in [-0.15, -0.1) is 0 Å². The van der Waals surface area contributed by atoms with Gasteiger partial charge < -0.3 is 19.5 Å². The van der Waals surface area contributed by atoms with Crippen molar-refractivity contribution < 1.29 is 32.2 Å². The summed E-state index contributed by atoms with van der Waals surface area (Å²) in [4.78, 5) is 20.3. The number of hydrogen-bond donors (Lipinski definition) is 1. The number of nitrogens with one attached hydrogen (secondary N) is 1. The monoisotopic (exact) mass is 447 g/mol. The van der Waals surface area contributed by atoms with Crippen LogP contribution in [0.3, 0.4) is 0 Å². The van der Waals surface area contributed by atoms with Crippen molar-refractivity contribution in [2.24, 2.45) is 0 Å². The van der Waals surface area contributed by atoms with Crippen LogP contribution in [0.2, 0.25) is 0 Å². The summed E-state index contributed by atoms with van der Waals surface area (Å²) in [6.45, 7) is -1.41. The number of nitrogens with zero attached hydrogens (tertiary/aromatic N) is 2. The molecule has 0 saturated carbocycles. The first-order valence-electron chi connectivity index (χ1n) is 9.52. The van der Waals surface area contributed by atoms with Crippen molar-refractivity contribution in [3.8, 4) is 23.1 Å². The Bertz CT molecular complexity index is 1050. The molecule has 32 heavy (non-hydrogen) atoms. The van der Waals surface area contributed by atoms with Gasteiger partial charge in [-0.05, 0) is 36.2 Å². The molecule has 0 bridgehead atoms. The number of halogens is 3. The van der Waals surface area contributed by atoms with Gasteiger partial charge in [0, 0.05) is 30.6 Å². The minimum absolute atomic E-state index is 0.0158. The number of rotatable bonds is 9. The molecule has 1 aromatic heterocycles. The Morgan fingerprint density at radius 2 is 1.94 bits per heavy atom. The average Bonchev–Trinajstić information content (AvgIpc) is 2.77. The summed E-state index contributed by atoms with van der Waals surface area (Å²) in [7, 11) is 1.34. The fourth-order valence-electron chi connectivity index (χ4n) is 2.72. The Morgan fingerprint density at radius 1 is 1.09 bits per heavy atom. The SMILES string of the molecule is COc1cc(CCC(=O)Nc2cccc(Oc3cnccn3)c2)ccc1OCC(F)(F)F. The maximum absolute atomic E-state index is 12.4. The molecule has 1 amide bonds. The molecule has 0 aliphatic rings. The molecule has 3 rings (SSSR count). The van der Waals surface area contributed by atoms with Gasteiger partial charge in [-0.3, -0.25) is 9.78 Å². The van der Waals surface area contributed by atoms with Crippen LogP contribution in [0.5, 0.6) is 23.1 Å². The molecule has 3 aromatic rings. The third-order valence-electron chi connectivity index (χ3n) is 4.14. The van der Waals surface area contributed by atoms with Crippen molar-refractivity contribution in [1.82, 2.24) is 9.97 Å². The molecule has 0 aliphatic heterocycles. The van der Waals surface area contributed by atoms with Crippen LogP contribution in [0.4, 0.5) is 18.9 Å². The predicted molar refractivity (Wildman–Crippen MR) is 110 cm³/mol. The quantitative estimate of drug-likeness (QED) is 0.508. The topological polar surface area (TPSA) is 82.6 Å². The van der Waals surface area contributed by atoms with E-state index in [2.05, 4.69) is 15.3 Å². The predicted octanol–water partition coefficient (Wildman–Crippen LogP) is 4.79. The molecule has 0 atom stereocenters. The van der Waals surface area contributed by atoms with Crippen molar-refractivity contribution in [3.05, 3.63) is 66.6 Å². The van der Waals surface area contributed by atoms with E-state index in [0.29, 0.717) is 23.7 Å². The van der Waals surface area contributed by atoms with Crippen molar-refractivity contribution in [1.29, 1.82) is 0 Å². The molecule has 2 aromatic carbocycles. The molecule has 0 saturated heterocycles. The van der Waals surface area contributed by atoms with Crippen molar-refractivity contribution >= 4 is 11.6 Å². The van der Waals surface area contributed by atoms with E-state index in [1.807, 2.05) is 0 Å². The van der Waals surface area contributed by atoms with Gasteiger partial charge in [-0.1, -0.05) is 12.1 Å². The Labute approximate surface area is 182 Å². The molecule has 1 heterocycles. The summed E-state index contributed by atoms with van der Waals surface area (Å²) >= 11 is 0. The largest absolute Gasteiger partial charge is 0.493 e. The number of aryl methyl sites for hydroxylation is 1. The molecule has 0 aliphatic carbocycles. The van der Waals surface area contributed by atoms with Crippen LogP contribution in [0.25, 0.3) is 0 Å². The third kappa shape index (κ3) is 7.15. The van der Waals surface area contributed by atoms with Crippen LogP contribution >= 0.6 is 0 Å². The van der Waals surface area contributed by atoms with Crippen LogP contribution in [0.15, 0.2) is 61.1 Å². The highest BCUT2D eigenvalue weighted by molar-refractivity contribution is 5.91. The fraction of sp³-hybridized carbons (Fsp3) is 0.227. The highest BCUT2D eigenvalue weighted by Crippen LogP contribution is 2.30. The van der Waals surface area contributed by atoms with E-state index in [1.165, 1.54) is 31.8 Å². The van der Waals surface area contributed by atoms with Crippen LogP contribution in [0, 0.1) is 0 Å². The second kappa shape index (κ2) is 10.5. The number of aromatic nitrogens is 2. The van der Waals surface area contributed by atoms with Crippen molar-refractivity contribution in [2.75, 3.05) is 19.0 Å². The average molecular weight is 447 g/mol. The first kappa shape index (κ1) is 22.9. The zero-order valence-corrected chi connectivity index (χ0v) is 17.1. The van der Waals surface area contributed by atoms with Crippen LogP contribution in [-0.4, -0.2) is 35.8 Å². The smallest absolute Gasteiger partial charge is 0.422 e. The third-order valence-corrected chi connectivity index (χ3v) is 4.14. The van der Waals surface area contributed by atoms with E-state index in [0.717, 1.165) is 5.56 Å². The molecule has 0 spiro atoms. The molecular weight excluding hydrogens is 427 g/mol. The lowest BCUT2D eigenvalue weighted by Crippen LogP contribution is -2.19. The zero-order chi connectivity index (χ0) is 23.0. The van der Waals surface area contributed by atoms with E-state index >= 15 is 0 Å². The van der Waals surface area contributed by atoms with Gasteiger partial charge in [-0.25, -0.2) is 4.98 Å². The first-order valence-corrected chi connectivity index (χ1v) is 9.52. The van der Waals surface area contributed by atoms with Gasteiger partial charge in [-0.2, -0.15) is 13.2 Å². The molecular formula is C22H20F3N3O4. The highest BCUT2D eigenvalue weighted by atomic mass is 19.4. The van der Waals surface area contributed by atoms with E-state index in [4.69, 9.17) is 14.2 Å². The summed E-state index contributed by atoms with van der Waals surface area (Å²) in [6, 6.07) is 11.4. The highest BCUT2D eigenvalue weighted by Gasteiger charge is 2.29. The van der Waals surface area contributed by atoms with Crippen molar-refractivity contribution in [2.45, 2.75) is 19.0 Å². The van der Waals surface area contributed by atoms with Gasteiger partial charge in [0.1, 0.15) is 5.75 Å². The number of carbonyl (C=O) groups is 1. The number of hydrogen-bond acceptors (Lipinski definition) is 6. The number of carbonyl (C=O) groups excluding carboxylic acids is 1. The minimum atomic E-state index is -4.45. The van der Waals surface area contributed by atoms with E-state index in [1.54, 1.807) is 36.4 Å². The molecule has 0 unspecified atom stereocenters. The Balaban J connectivity index is 1.55. The summed E-state index contributed by atoms with van der Waals surface area (Å²) < 4.78 is 52.5.